The monoisotopic (exact) mass is 356 g/mol. The molecule has 1 aromatic carbocycles. The zero-order valence-electron chi connectivity index (χ0n) is 9.58. The van der Waals surface area contributed by atoms with E-state index in [0.29, 0.717) is 15.6 Å². The van der Waals surface area contributed by atoms with Crippen LogP contribution in [0.5, 0.6) is 0 Å². The van der Waals surface area contributed by atoms with Crippen LogP contribution in [0.25, 0.3) is 0 Å². The van der Waals surface area contributed by atoms with E-state index in [9.17, 15) is 9.90 Å². The van der Waals surface area contributed by atoms with E-state index in [4.69, 9.17) is 46.4 Å². The molecule has 2 rings (SSSR count). The molecule has 2 atom stereocenters. The van der Waals surface area contributed by atoms with Crippen molar-refractivity contribution in [3.05, 3.63) is 43.7 Å². The number of aliphatic hydroxyl groups is 1. The highest BCUT2D eigenvalue weighted by Gasteiger charge is 2.49. The SMILES string of the molecule is CC(=O)C1=C(Cl)SC(Cl)(c2ccc(Cl)c(Cl)c2)C1O. The summed E-state index contributed by atoms with van der Waals surface area (Å²) in [6, 6.07) is 4.78. The van der Waals surface area contributed by atoms with Crippen LogP contribution in [0.15, 0.2) is 28.1 Å². The summed E-state index contributed by atoms with van der Waals surface area (Å²) in [6.07, 6.45) is -1.21. The van der Waals surface area contributed by atoms with Crippen molar-refractivity contribution in [2.24, 2.45) is 0 Å². The summed E-state index contributed by atoms with van der Waals surface area (Å²) in [7, 11) is 0. The molecule has 0 aliphatic carbocycles. The summed E-state index contributed by atoms with van der Waals surface area (Å²) in [5, 5.41) is 11.0. The number of hydrogen-bond acceptors (Lipinski definition) is 3. The average molecular weight is 358 g/mol. The quantitative estimate of drug-likeness (QED) is 0.790. The van der Waals surface area contributed by atoms with Crippen molar-refractivity contribution < 1.29 is 9.90 Å². The highest BCUT2D eigenvalue weighted by molar-refractivity contribution is 8.07. The van der Waals surface area contributed by atoms with Gasteiger partial charge in [-0.15, -0.1) is 0 Å². The predicted molar refractivity (Wildman–Crippen MR) is 81.2 cm³/mol. The maximum atomic E-state index is 11.5. The fourth-order valence-corrected chi connectivity index (χ4v) is 4.37. The number of hydrogen-bond donors (Lipinski definition) is 1. The molecule has 0 saturated carbocycles. The number of carbonyl (C=O) groups excluding carboxylic acids is 1. The Morgan fingerprint density at radius 1 is 1.32 bits per heavy atom. The van der Waals surface area contributed by atoms with Crippen LogP contribution in [-0.2, 0) is 9.00 Å². The molecule has 1 aromatic rings. The van der Waals surface area contributed by atoms with E-state index >= 15 is 0 Å². The largest absolute Gasteiger partial charge is 0.385 e. The van der Waals surface area contributed by atoms with Gasteiger partial charge in [-0.3, -0.25) is 4.79 Å². The van der Waals surface area contributed by atoms with E-state index in [-0.39, 0.29) is 15.7 Å². The zero-order chi connectivity index (χ0) is 14.4. The summed E-state index contributed by atoms with van der Waals surface area (Å²) in [4.78, 5) is 11.5. The van der Waals surface area contributed by atoms with Crippen molar-refractivity contribution >= 4 is 63.9 Å². The minimum absolute atomic E-state index is 0.118. The molecule has 1 heterocycles. The van der Waals surface area contributed by atoms with Crippen molar-refractivity contribution in [1.82, 2.24) is 0 Å². The van der Waals surface area contributed by atoms with E-state index in [2.05, 4.69) is 0 Å². The number of alkyl halides is 1. The van der Waals surface area contributed by atoms with Crippen LogP contribution in [-0.4, -0.2) is 17.0 Å². The molecule has 0 saturated heterocycles. The van der Waals surface area contributed by atoms with Gasteiger partial charge in [0.15, 0.2) is 9.99 Å². The van der Waals surface area contributed by atoms with Crippen LogP contribution >= 0.6 is 58.2 Å². The third-order valence-corrected chi connectivity index (χ3v) is 5.75. The van der Waals surface area contributed by atoms with Crippen molar-refractivity contribution in [2.75, 3.05) is 0 Å². The molecule has 19 heavy (non-hydrogen) atoms. The maximum Gasteiger partial charge on any atom is 0.160 e. The van der Waals surface area contributed by atoms with Gasteiger partial charge < -0.3 is 5.11 Å². The normalized spacial score (nSPS) is 26.9. The summed E-state index contributed by atoms with van der Waals surface area (Å²) < 4.78 is -1.08. The van der Waals surface area contributed by atoms with Crippen LogP contribution in [0, 0.1) is 0 Å². The number of rotatable bonds is 2. The second-order valence-corrected chi connectivity index (χ2v) is 7.52. The first-order valence-corrected chi connectivity index (χ1v) is 7.52. The Hall–Kier alpha value is 0.1000. The fraction of sp³-hybridized carbons (Fsp3) is 0.250. The van der Waals surface area contributed by atoms with E-state index in [1.54, 1.807) is 18.2 Å². The maximum absolute atomic E-state index is 11.5. The molecule has 0 amide bonds. The van der Waals surface area contributed by atoms with Gasteiger partial charge in [-0.05, 0) is 24.6 Å². The van der Waals surface area contributed by atoms with Gasteiger partial charge in [0, 0.05) is 0 Å². The Bertz CT molecular complexity index is 587. The third-order valence-electron chi connectivity index (χ3n) is 2.77. The van der Waals surface area contributed by atoms with E-state index in [1.165, 1.54) is 6.92 Å². The van der Waals surface area contributed by atoms with Crippen LogP contribution in [0.1, 0.15) is 12.5 Å². The Kier molecular flexibility index (Phi) is 4.46. The molecule has 1 aliphatic rings. The number of carbonyl (C=O) groups is 1. The van der Waals surface area contributed by atoms with Gasteiger partial charge in [-0.25, -0.2) is 0 Å². The predicted octanol–water partition coefficient (Wildman–Crippen LogP) is 4.53. The van der Waals surface area contributed by atoms with Crippen LogP contribution in [0.4, 0.5) is 0 Å². The molecule has 1 aliphatic heterocycles. The van der Waals surface area contributed by atoms with Gasteiger partial charge in [-0.2, -0.15) is 0 Å². The molecule has 7 heteroatoms. The molecule has 0 spiro atoms. The smallest absolute Gasteiger partial charge is 0.160 e. The first-order chi connectivity index (χ1) is 8.77. The van der Waals surface area contributed by atoms with Crippen molar-refractivity contribution in [3.63, 3.8) is 0 Å². The summed E-state index contributed by atoms with van der Waals surface area (Å²) in [5.41, 5.74) is 0.656. The van der Waals surface area contributed by atoms with Gasteiger partial charge in [0.25, 0.3) is 0 Å². The van der Waals surface area contributed by atoms with E-state index < -0.39 is 10.3 Å². The lowest BCUT2D eigenvalue weighted by Crippen LogP contribution is -2.30. The number of Topliss-reactive ketones (excluding diaryl/α,β-unsaturated/α-hetero) is 1. The van der Waals surface area contributed by atoms with Gasteiger partial charge in [0.2, 0.25) is 0 Å². The van der Waals surface area contributed by atoms with Crippen LogP contribution in [0.2, 0.25) is 10.0 Å². The first-order valence-electron chi connectivity index (χ1n) is 5.19. The highest BCUT2D eigenvalue weighted by atomic mass is 35.5. The molecule has 0 radical (unpaired) electrons. The Labute approximate surface area is 134 Å². The van der Waals surface area contributed by atoms with Gasteiger partial charge >= 0.3 is 0 Å². The molecule has 102 valence electrons. The van der Waals surface area contributed by atoms with Crippen LogP contribution < -0.4 is 0 Å². The van der Waals surface area contributed by atoms with Gasteiger partial charge in [0.1, 0.15) is 6.10 Å². The lowest BCUT2D eigenvalue weighted by atomic mass is 9.99. The third kappa shape index (κ3) is 2.65. The van der Waals surface area contributed by atoms with E-state index in [0.717, 1.165) is 11.8 Å². The Morgan fingerprint density at radius 3 is 2.42 bits per heavy atom. The number of benzene rings is 1. The fourth-order valence-electron chi connectivity index (χ4n) is 1.79. The summed E-state index contributed by atoms with van der Waals surface area (Å²) >= 11 is 25.2. The number of aliphatic hydroxyl groups excluding tert-OH is 1. The second-order valence-electron chi connectivity index (χ2n) is 4.02. The number of ketones is 1. The minimum atomic E-state index is -1.27. The lowest BCUT2D eigenvalue weighted by molar-refractivity contribution is -0.114. The molecule has 2 unspecified atom stereocenters. The number of halogens is 4. The molecule has 2 nitrogen and oxygen atoms in total. The topological polar surface area (TPSA) is 37.3 Å². The molecule has 0 bridgehead atoms. The Morgan fingerprint density at radius 2 is 1.95 bits per heavy atom. The van der Waals surface area contributed by atoms with Crippen molar-refractivity contribution in [3.8, 4) is 0 Å². The van der Waals surface area contributed by atoms with Gasteiger partial charge in [-0.1, -0.05) is 64.2 Å². The van der Waals surface area contributed by atoms with Gasteiger partial charge in [0.05, 0.1) is 20.0 Å². The molecule has 1 N–H and O–H groups in total. The van der Waals surface area contributed by atoms with Crippen molar-refractivity contribution in [1.29, 1.82) is 0 Å². The first kappa shape index (κ1) is 15.5. The molecular weight excluding hydrogens is 350 g/mol. The molecule has 0 fully saturated rings. The summed E-state index contributed by atoms with van der Waals surface area (Å²) in [5.74, 6) is -0.312. The molecular formula is C12H8Cl4O2S. The molecule has 0 aromatic heterocycles. The van der Waals surface area contributed by atoms with E-state index in [1.807, 2.05) is 0 Å². The van der Waals surface area contributed by atoms with Crippen LogP contribution in [0.3, 0.4) is 0 Å². The minimum Gasteiger partial charge on any atom is -0.385 e. The highest BCUT2D eigenvalue weighted by Crippen LogP contribution is 2.57. The standard InChI is InChI=1S/C12H8Cl4O2S/c1-5(17)9-10(18)12(16,19-11(9)15)6-2-3-7(13)8(14)4-6/h2-4,10,18H,1H3. The summed E-state index contributed by atoms with van der Waals surface area (Å²) in [6.45, 7) is 1.33. The zero-order valence-corrected chi connectivity index (χ0v) is 13.4. The lowest BCUT2D eigenvalue weighted by Gasteiger charge is -2.26. The Balaban J connectivity index is 2.46. The van der Waals surface area contributed by atoms with Crippen molar-refractivity contribution in [2.45, 2.75) is 17.2 Å². The number of thioether (sulfide) groups is 1. The average Bonchev–Trinajstić information content (AvgIpc) is 2.54. The second kappa shape index (κ2) is 5.47.